The fourth-order valence-corrected chi connectivity index (χ4v) is 3.59. The van der Waals surface area contributed by atoms with Gasteiger partial charge in [0, 0.05) is 0 Å². The second-order valence-electron chi connectivity index (χ2n) is 6.11. The SMILES string of the molecule is CC(C)OCC1(C)C2CCC1(C)CC2. The van der Waals surface area contributed by atoms with Gasteiger partial charge in [-0.05, 0) is 56.3 Å². The van der Waals surface area contributed by atoms with Crippen LogP contribution in [0, 0.1) is 16.7 Å². The Bertz CT molecular complexity index is 213. The Morgan fingerprint density at radius 3 is 2.14 bits per heavy atom. The maximum absolute atomic E-state index is 5.87. The first-order valence-corrected chi connectivity index (χ1v) is 6.09. The van der Waals surface area contributed by atoms with Crippen LogP contribution in [0.1, 0.15) is 53.4 Å². The Kier molecular flexibility index (Phi) is 2.42. The molecule has 0 aromatic rings. The van der Waals surface area contributed by atoms with Crippen molar-refractivity contribution in [3.8, 4) is 0 Å². The van der Waals surface area contributed by atoms with Crippen LogP contribution in [0.4, 0.5) is 0 Å². The zero-order chi connectivity index (χ0) is 10.4. The molecule has 0 N–H and O–H groups in total. The van der Waals surface area contributed by atoms with Gasteiger partial charge in [0.15, 0.2) is 0 Å². The molecule has 0 spiro atoms. The Hall–Kier alpha value is -0.0400. The van der Waals surface area contributed by atoms with Crippen LogP contribution in [-0.4, -0.2) is 12.7 Å². The van der Waals surface area contributed by atoms with Gasteiger partial charge in [-0.15, -0.1) is 0 Å². The predicted octanol–water partition coefficient (Wildman–Crippen LogP) is 3.63. The van der Waals surface area contributed by atoms with Gasteiger partial charge in [0.05, 0.1) is 12.7 Å². The number of rotatable bonds is 3. The molecule has 14 heavy (non-hydrogen) atoms. The van der Waals surface area contributed by atoms with Crippen molar-refractivity contribution in [2.45, 2.75) is 59.5 Å². The van der Waals surface area contributed by atoms with Gasteiger partial charge in [-0.3, -0.25) is 0 Å². The Balaban J connectivity index is 2.07. The molecule has 2 fully saturated rings. The third kappa shape index (κ3) is 1.32. The maximum atomic E-state index is 5.87. The summed E-state index contributed by atoms with van der Waals surface area (Å²) in [6.07, 6.45) is 6.11. The monoisotopic (exact) mass is 196 g/mol. The van der Waals surface area contributed by atoms with Crippen molar-refractivity contribution in [2.24, 2.45) is 16.7 Å². The molecular formula is C13H24O. The van der Waals surface area contributed by atoms with Gasteiger partial charge in [0.2, 0.25) is 0 Å². The van der Waals surface area contributed by atoms with E-state index in [4.69, 9.17) is 4.74 Å². The molecule has 0 amide bonds. The molecule has 1 atom stereocenters. The molecule has 2 rings (SSSR count). The third-order valence-corrected chi connectivity index (χ3v) is 5.09. The van der Waals surface area contributed by atoms with Gasteiger partial charge >= 0.3 is 0 Å². The van der Waals surface area contributed by atoms with Crippen LogP contribution in [0.15, 0.2) is 0 Å². The van der Waals surface area contributed by atoms with Crippen molar-refractivity contribution in [3.63, 3.8) is 0 Å². The quantitative estimate of drug-likeness (QED) is 0.670. The summed E-state index contributed by atoms with van der Waals surface area (Å²) in [6.45, 7) is 10.2. The molecule has 2 saturated carbocycles. The average Bonchev–Trinajstić information content (AvgIpc) is 2.51. The van der Waals surface area contributed by atoms with E-state index in [1.807, 2.05) is 0 Å². The van der Waals surface area contributed by atoms with Crippen LogP contribution in [0.5, 0.6) is 0 Å². The molecule has 0 heterocycles. The molecule has 0 aromatic heterocycles. The highest BCUT2D eigenvalue weighted by Gasteiger charge is 2.58. The molecule has 0 aromatic carbocycles. The lowest BCUT2D eigenvalue weighted by molar-refractivity contribution is -0.0317. The molecule has 0 radical (unpaired) electrons. The zero-order valence-corrected chi connectivity index (χ0v) is 10.1. The predicted molar refractivity (Wildman–Crippen MR) is 59.3 cm³/mol. The molecule has 1 unspecified atom stereocenters. The van der Waals surface area contributed by atoms with Crippen LogP contribution in [0.2, 0.25) is 0 Å². The molecule has 1 nitrogen and oxygen atoms in total. The lowest BCUT2D eigenvalue weighted by Crippen LogP contribution is -2.36. The van der Waals surface area contributed by atoms with Crippen LogP contribution in [-0.2, 0) is 4.74 Å². The minimum atomic E-state index is 0.385. The fraction of sp³-hybridized carbons (Fsp3) is 1.00. The lowest BCUT2D eigenvalue weighted by atomic mass is 9.70. The molecule has 2 aliphatic rings. The first-order valence-electron chi connectivity index (χ1n) is 6.09. The summed E-state index contributed by atoms with van der Waals surface area (Å²) in [7, 11) is 0. The zero-order valence-electron chi connectivity index (χ0n) is 10.1. The summed E-state index contributed by atoms with van der Waals surface area (Å²) in [4.78, 5) is 0. The van der Waals surface area contributed by atoms with E-state index in [1.54, 1.807) is 0 Å². The summed E-state index contributed by atoms with van der Waals surface area (Å²) in [6, 6.07) is 0. The number of hydrogen-bond acceptors (Lipinski definition) is 1. The minimum absolute atomic E-state index is 0.385. The van der Waals surface area contributed by atoms with Gasteiger partial charge in [0.25, 0.3) is 0 Å². The molecule has 82 valence electrons. The van der Waals surface area contributed by atoms with Crippen LogP contribution < -0.4 is 0 Å². The van der Waals surface area contributed by atoms with E-state index < -0.39 is 0 Å². The highest BCUT2D eigenvalue weighted by atomic mass is 16.5. The summed E-state index contributed by atoms with van der Waals surface area (Å²) >= 11 is 0. The Labute approximate surface area is 88.2 Å². The van der Waals surface area contributed by atoms with Crippen molar-refractivity contribution < 1.29 is 4.74 Å². The number of fused-ring (bicyclic) bond motifs is 2. The van der Waals surface area contributed by atoms with Gasteiger partial charge in [0.1, 0.15) is 0 Å². The minimum Gasteiger partial charge on any atom is -0.378 e. The second-order valence-corrected chi connectivity index (χ2v) is 6.11. The molecule has 1 heteroatoms. The van der Waals surface area contributed by atoms with E-state index in [-0.39, 0.29) is 0 Å². The molecule has 2 aliphatic carbocycles. The van der Waals surface area contributed by atoms with Crippen LogP contribution in [0.25, 0.3) is 0 Å². The Morgan fingerprint density at radius 2 is 1.79 bits per heavy atom. The summed E-state index contributed by atoms with van der Waals surface area (Å²) in [5.41, 5.74) is 1.05. The Morgan fingerprint density at radius 1 is 1.21 bits per heavy atom. The largest absolute Gasteiger partial charge is 0.378 e. The highest BCUT2D eigenvalue weighted by Crippen LogP contribution is 2.65. The van der Waals surface area contributed by atoms with E-state index in [9.17, 15) is 0 Å². The normalized spacial score (nSPS) is 46.5. The van der Waals surface area contributed by atoms with E-state index in [0.29, 0.717) is 16.9 Å². The van der Waals surface area contributed by atoms with E-state index in [1.165, 1.54) is 25.7 Å². The molecule has 0 saturated heterocycles. The van der Waals surface area contributed by atoms with Gasteiger partial charge in [-0.2, -0.15) is 0 Å². The van der Waals surface area contributed by atoms with Crippen molar-refractivity contribution in [1.29, 1.82) is 0 Å². The van der Waals surface area contributed by atoms with Crippen LogP contribution in [0.3, 0.4) is 0 Å². The molecule has 0 aliphatic heterocycles. The molecular weight excluding hydrogens is 172 g/mol. The average molecular weight is 196 g/mol. The standard InChI is InChI=1S/C13H24O/c1-10(2)14-9-13(4)11-5-7-12(13,3)8-6-11/h10-11H,5-9H2,1-4H3. The smallest absolute Gasteiger partial charge is 0.0531 e. The van der Waals surface area contributed by atoms with E-state index in [2.05, 4.69) is 27.7 Å². The number of ether oxygens (including phenoxy) is 1. The summed E-state index contributed by atoms with van der Waals surface area (Å²) in [5, 5.41) is 0. The van der Waals surface area contributed by atoms with Gasteiger partial charge in [-0.25, -0.2) is 0 Å². The van der Waals surface area contributed by atoms with E-state index >= 15 is 0 Å². The maximum Gasteiger partial charge on any atom is 0.0531 e. The van der Waals surface area contributed by atoms with E-state index in [0.717, 1.165) is 12.5 Å². The third-order valence-electron chi connectivity index (χ3n) is 5.09. The fourth-order valence-electron chi connectivity index (χ4n) is 3.59. The highest BCUT2D eigenvalue weighted by molar-refractivity contribution is 5.07. The van der Waals surface area contributed by atoms with Crippen LogP contribution >= 0.6 is 0 Å². The first kappa shape index (κ1) is 10.5. The second kappa shape index (κ2) is 3.23. The number of hydrogen-bond donors (Lipinski definition) is 0. The summed E-state index contributed by atoms with van der Waals surface area (Å²) < 4.78 is 5.87. The van der Waals surface area contributed by atoms with Crippen molar-refractivity contribution >= 4 is 0 Å². The first-order chi connectivity index (χ1) is 6.48. The van der Waals surface area contributed by atoms with Gasteiger partial charge in [-0.1, -0.05) is 13.8 Å². The van der Waals surface area contributed by atoms with Crippen molar-refractivity contribution in [3.05, 3.63) is 0 Å². The molecule has 2 bridgehead atoms. The topological polar surface area (TPSA) is 9.23 Å². The van der Waals surface area contributed by atoms with Crippen molar-refractivity contribution in [2.75, 3.05) is 6.61 Å². The van der Waals surface area contributed by atoms with Crippen molar-refractivity contribution in [1.82, 2.24) is 0 Å². The van der Waals surface area contributed by atoms with Gasteiger partial charge < -0.3 is 4.74 Å². The lowest BCUT2D eigenvalue weighted by Gasteiger charge is -2.38. The summed E-state index contributed by atoms with van der Waals surface area (Å²) in [5.74, 6) is 0.936.